The standard InChI is InChI=1S/C18H28N2O4S/c21-17-9-7-16(8-10-17)20(14-15-5-4-6-18(22)13-15)25(23,24)19-11-2-1-3-12-19/h4-6,13,16-17,21-22H,1-3,7-12,14H2. The Balaban J connectivity index is 1.85. The number of nitrogens with zero attached hydrogens (tertiary/aromatic N) is 2. The molecule has 0 radical (unpaired) electrons. The van der Waals surface area contributed by atoms with E-state index in [1.165, 1.54) is 0 Å². The van der Waals surface area contributed by atoms with Crippen molar-refractivity contribution < 1.29 is 18.6 Å². The number of aliphatic hydroxyl groups excluding tert-OH is 1. The monoisotopic (exact) mass is 368 g/mol. The van der Waals surface area contributed by atoms with E-state index in [9.17, 15) is 18.6 Å². The van der Waals surface area contributed by atoms with E-state index in [1.807, 2.05) is 6.07 Å². The molecule has 0 unspecified atom stereocenters. The summed E-state index contributed by atoms with van der Waals surface area (Å²) in [6.07, 6.45) is 5.18. The molecule has 2 fully saturated rings. The lowest BCUT2D eigenvalue weighted by Crippen LogP contribution is -2.50. The molecule has 25 heavy (non-hydrogen) atoms. The van der Waals surface area contributed by atoms with Gasteiger partial charge in [-0.05, 0) is 56.2 Å². The smallest absolute Gasteiger partial charge is 0.282 e. The zero-order valence-corrected chi connectivity index (χ0v) is 15.4. The van der Waals surface area contributed by atoms with Gasteiger partial charge in [-0.2, -0.15) is 17.0 Å². The van der Waals surface area contributed by atoms with Gasteiger partial charge in [0.25, 0.3) is 10.2 Å². The van der Waals surface area contributed by atoms with Crippen molar-refractivity contribution in [3.8, 4) is 5.75 Å². The fourth-order valence-corrected chi connectivity index (χ4v) is 5.74. The van der Waals surface area contributed by atoms with Gasteiger partial charge in [-0.25, -0.2) is 0 Å². The SMILES string of the molecule is O=S(=O)(N1CCCCC1)N(Cc1cccc(O)c1)C1CCC(O)CC1. The first-order valence-electron chi connectivity index (χ1n) is 9.20. The van der Waals surface area contributed by atoms with E-state index < -0.39 is 10.2 Å². The number of hydrogen-bond donors (Lipinski definition) is 2. The van der Waals surface area contributed by atoms with Crippen LogP contribution in [-0.4, -0.2) is 52.5 Å². The van der Waals surface area contributed by atoms with Crippen LogP contribution < -0.4 is 0 Å². The summed E-state index contributed by atoms with van der Waals surface area (Å²) in [5, 5.41) is 19.5. The molecule has 0 amide bonds. The van der Waals surface area contributed by atoms with E-state index in [4.69, 9.17) is 0 Å². The second kappa shape index (κ2) is 8.03. The number of hydrogen-bond acceptors (Lipinski definition) is 4. The fraction of sp³-hybridized carbons (Fsp3) is 0.667. The summed E-state index contributed by atoms with van der Waals surface area (Å²) in [5.41, 5.74) is 0.784. The van der Waals surface area contributed by atoms with Gasteiger partial charge in [0, 0.05) is 25.7 Å². The molecular formula is C18H28N2O4S. The summed E-state index contributed by atoms with van der Waals surface area (Å²) < 4.78 is 29.8. The van der Waals surface area contributed by atoms with Gasteiger partial charge >= 0.3 is 0 Å². The first-order chi connectivity index (χ1) is 12.0. The van der Waals surface area contributed by atoms with Crippen molar-refractivity contribution in [1.82, 2.24) is 8.61 Å². The fourth-order valence-electron chi connectivity index (χ4n) is 3.82. The maximum atomic E-state index is 13.3. The molecule has 0 atom stereocenters. The lowest BCUT2D eigenvalue weighted by molar-refractivity contribution is 0.0958. The Morgan fingerprint density at radius 2 is 1.76 bits per heavy atom. The van der Waals surface area contributed by atoms with Crippen LogP contribution in [0.1, 0.15) is 50.5 Å². The first kappa shape index (κ1) is 18.6. The van der Waals surface area contributed by atoms with Crippen LogP contribution in [0, 0.1) is 0 Å². The van der Waals surface area contributed by atoms with Crippen molar-refractivity contribution in [1.29, 1.82) is 0 Å². The topological polar surface area (TPSA) is 81.1 Å². The van der Waals surface area contributed by atoms with E-state index in [0.717, 1.165) is 24.8 Å². The molecule has 140 valence electrons. The van der Waals surface area contributed by atoms with E-state index in [0.29, 0.717) is 38.8 Å². The highest BCUT2D eigenvalue weighted by atomic mass is 32.2. The van der Waals surface area contributed by atoms with Crippen molar-refractivity contribution in [2.45, 2.75) is 63.6 Å². The Morgan fingerprint density at radius 1 is 1.08 bits per heavy atom. The number of aliphatic hydroxyl groups is 1. The quantitative estimate of drug-likeness (QED) is 0.835. The zero-order chi connectivity index (χ0) is 17.9. The second-order valence-corrected chi connectivity index (χ2v) is 9.03. The van der Waals surface area contributed by atoms with Crippen molar-refractivity contribution in [2.75, 3.05) is 13.1 Å². The van der Waals surface area contributed by atoms with Crippen LogP contribution in [0.4, 0.5) is 0 Å². The largest absolute Gasteiger partial charge is 0.508 e. The van der Waals surface area contributed by atoms with Crippen LogP contribution in [-0.2, 0) is 16.8 Å². The number of benzene rings is 1. The summed E-state index contributed by atoms with van der Waals surface area (Å²) in [6.45, 7) is 1.41. The zero-order valence-electron chi connectivity index (χ0n) is 14.5. The van der Waals surface area contributed by atoms with Gasteiger partial charge in [0.15, 0.2) is 0 Å². The van der Waals surface area contributed by atoms with Gasteiger partial charge in [-0.3, -0.25) is 0 Å². The van der Waals surface area contributed by atoms with Crippen molar-refractivity contribution in [3.63, 3.8) is 0 Å². The summed E-state index contributed by atoms with van der Waals surface area (Å²) in [7, 11) is -3.55. The van der Waals surface area contributed by atoms with Gasteiger partial charge in [0.1, 0.15) is 5.75 Å². The molecule has 1 saturated heterocycles. The van der Waals surface area contributed by atoms with Gasteiger partial charge in [-0.15, -0.1) is 0 Å². The lowest BCUT2D eigenvalue weighted by atomic mass is 9.93. The second-order valence-electron chi connectivity index (χ2n) is 7.14. The predicted octanol–water partition coefficient (Wildman–Crippen LogP) is 2.23. The Hall–Kier alpha value is -1.15. The third kappa shape index (κ3) is 4.53. The molecule has 2 N–H and O–H groups in total. The summed E-state index contributed by atoms with van der Waals surface area (Å²) in [4.78, 5) is 0. The highest BCUT2D eigenvalue weighted by Crippen LogP contribution is 2.29. The average molecular weight is 368 g/mol. The third-order valence-electron chi connectivity index (χ3n) is 5.26. The molecule has 1 heterocycles. The minimum atomic E-state index is -3.55. The normalized spacial score (nSPS) is 26.0. The van der Waals surface area contributed by atoms with Crippen molar-refractivity contribution in [3.05, 3.63) is 29.8 Å². The molecule has 0 spiro atoms. The number of piperidine rings is 1. The van der Waals surface area contributed by atoms with Crippen LogP contribution in [0.5, 0.6) is 5.75 Å². The van der Waals surface area contributed by atoms with Gasteiger partial charge in [0.2, 0.25) is 0 Å². The Labute approximate surface area is 150 Å². The van der Waals surface area contributed by atoms with E-state index >= 15 is 0 Å². The third-order valence-corrected chi connectivity index (χ3v) is 7.30. The number of rotatable bonds is 5. The molecule has 1 aromatic rings. The number of phenolic OH excluding ortho intramolecular Hbond substituents is 1. The molecule has 1 aliphatic heterocycles. The maximum absolute atomic E-state index is 13.3. The Bertz CT molecular complexity index is 665. The summed E-state index contributed by atoms with van der Waals surface area (Å²) >= 11 is 0. The predicted molar refractivity (Wildman–Crippen MR) is 96.3 cm³/mol. The lowest BCUT2D eigenvalue weighted by Gasteiger charge is -2.39. The molecular weight excluding hydrogens is 340 g/mol. The minimum Gasteiger partial charge on any atom is -0.508 e. The Morgan fingerprint density at radius 3 is 2.40 bits per heavy atom. The number of aromatic hydroxyl groups is 1. The van der Waals surface area contributed by atoms with E-state index in [-0.39, 0.29) is 24.4 Å². The first-order valence-corrected chi connectivity index (χ1v) is 10.6. The van der Waals surface area contributed by atoms with E-state index in [1.54, 1.807) is 26.8 Å². The highest BCUT2D eigenvalue weighted by Gasteiger charge is 2.37. The van der Waals surface area contributed by atoms with Crippen LogP contribution in [0.2, 0.25) is 0 Å². The van der Waals surface area contributed by atoms with Crippen molar-refractivity contribution in [2.24, 2.45) is 0 Å². The maximum Gasteiger partial charge on any atom is 0.282 e. The molecule has 2 aliphatic rings. The average Bonchev–Trinajstić information content (AvgIpc) is 2.61. The Kier molecular flexibility index (Phi) is 5.99. The molecule has 0 aromatic heterocycles. The van der Waals surface area contributed by atoms with Gasteiger partial charge < -0.3 is 10.2 Å². The highest BCUT2D eigenvalue weighted by molar-refractivity contribution is 7.86. The van der Waals surface area contributed by atoms with Crippen LogP contribution >= 0.6 is 0 Å². The van der Waals surface area contributed by atoms with Gasteiger partial charge in [-0.1, -0.05) is 18.6 Å². The molecule has 6 nitrogen and oxygen atoms in total. The van der Waals surface area contributed by atoms with Crippen LogP contribution in [0.25, 0.3) is 0 Å². The molecule has 3 rings (SSSR count). The molecule has 1 aromatic carbocycles. The summed E-state index contributed by atoms with van der Waals surface area (Å²) in [5.74, 6) is 0.145. The van der Waals surface area contributed by atoms with Crippen molar-refractivity contribution >= 4 is 10.2 Å². The molecule has 7 heteroatoms. The van der Waals surface area contributed by atoms with Crippen LogP contribution in [0.15, 0.2) is 24.3 Å². The molecule has 0 bridgehead atoms. The summed E-state index contributed by atoms with van der Waals surface area (Å²) in [6, 6.07) is 6.69. The van der Waals surface area contributed by atoms with Crippen LogP contribution in [0.3, 0.4) is 0 Å². The number of phenols is 1. The van der Waals surface area contributed by atoms with Gasteiger partial charge in [0.05, 0.1) is 6.10 Å². The minimum absolute atomic E-state index is 0.0994. The molecule has 1 saturated carbocycles. The molecule has 1 aliphatic carbocycles. The van der Waals surface area contributed by atoms with E-state index in [2.05, 4.69) is 0 Å².